The van der Waals surface area contributed by atoms with Gasteiger partial charge in [0.15, 0.2) is 0 Å². The van der Waals surface area contributed by atoms with Crippen molar-refractivity contribution in [1.82, 2.24) is 15.2 Å². The number of hydrogen-bond acceptors (Lipinski definition) is 5. The van der Waals surface area contributed by atoms with Gasteiger partial charge in [-0.05, 0) is 23.9 Å². The summed E-state index contributed by atoms with van der Waals surface area (Å²) in [6, 6.07) is 7.21. The van der Waals surface area contributed by atoms with Crippen molar-refractivity contribution in [3.8, 4) is 5.75 Å². The van der Waals surface area contributed by atoms with Crippen LogP contribution in [0.1, 0.15) is 18.3 Å². The van der Waals surface area contributed by atoms with Crippen LogP contribution in [-0.4, -0.2) is 32.9 Å². The summed E-state index contributed by atoms with van der Waals surface area (Å²) in [7, 11) is 0. The molecule has 0 spiro atoms. The van der Waals surface area contributed by atoms with Crippen LogP contribution < -0.4 is 4.74 Å². The van der Waals surface area contributed by atoms with Crippen LogP contribution in [0.15, 0.2) is 47.0 Å². The molecule has 0 saturated heterocycles. The quantitative estimate of drug-likeness (QED) is 0.439. The number of aromatic amines is 1. The van der Waals surface area contributed by atoms with Crippen molar-refractivity contribution in [2.24, 2.45) is 0 Å². The van der Waals surface area contributed by atoms with Crippen molar-refractivity contribution in [3.63, 3.8) is 0 Å². The Hall–Kier alpha value is -2.54. The Morgan fingerprint density at radius 2 is 2.26 bits per heavy atom. The number of aliphatic carboxylic acids is 1. The number of para-hydroxylation sites is 1. The summed E-state index contributed by atoms with van der Waals surface area (Å²) in [6.07, 6.45) is 3.89. The standard InChI is InChI=1S/C16H17N3O3S/c1-3-9-22-12-8-6-5-7-11(12)10-13(15(20)21)23-16-17-14(4-2)18-19-16/h3,5-8,10H,1,4,9H2,2H3,(H,20,21)(H,17,18,19)/b13-10-. The predicted octanol–water partition coefficient (Wildman–Crippen LogP) is 3.15. The second-order valence-corrected chi connectivity index (χ2v) is 5.48. The zero-order chi connectivity index (χ0) is 16.7. The second kappa shape index (κ2) is 8.19. The van der Waals surface area contributed by atoms with E-state index in [1.807, 2.05) is 19.1 Å². The normalized spacial score (nSPS) is 11.3. The second-order valence-electron chi connectivity index (χ2n) is 4.47. The molecule has 0 amide bonds. The minimum atomic E-state index is -1.05. The first-order chi connectivity index (χ1) is 11.1. The third-order valence-corrected chi connectivity index (χ3v) is 3.70. The van der Waals surface area contributed by atoms with E-state index in [-0.39, 0.29) is 4.91 Å². The average molecular weight is 331 g/mol. The molecule has 0 fully saturated rings. The number of nitrogens with one attached hydrogen (secondary N) is 1. The van der Waals surface area contributed by atoms with E-state index >= 15 is 0 Å². The SMILES string of the molecule is C=CCOc1ccccc1/C=C(\Sc1n[nH]c(CC)n1)C(=O)O. The highest BCUT2D eigenvalue weighted by Gasteiger charge is 2.14. The minimum absolute atomic E-state index is 0.112. The van der Waals surface area contributed by atoms with Gasteiger partial charge in [0.25, 0.3) is 0 Å². The van der Waals surface area contributed by atoms with Gasteiger partial charge in [0.2, 0.25) is 5.16 Å². The third-order valence-electron chi connectivity index (χ3n) is 2.82. The maximum Gasteiger partial charge on any atom is 0.342 e. The molecule has 120 valence electrons. The van der Waals surface area contributed by atoms with Crippen LogP contribution in [0.4, 0.5) is 0 Å². The van der Waals surface area contributed by atoms with Gasteiger partial charge in [0, 0.05) is 12.0 Å². The Bertz CT molecular complexity index is 725. The van der Waals surface area contributed by atoms with Gasteiger partial charge in [-0.2, -0.15) is 0 Å². The molecule has 0 atom stereocenters. The molecule has 0 unspecified atom stereocenters. The number of aryl methyl sites for hydroxylation is 1. The van der Waals surface area contributed by atoms with E-state index in [1.54, 1.807) is 24.3 Å². The fraction of sp³-hybridized carbons (Fsp3) is 0.188. The number of nitrogens with zero attached hydrogens (tertiary/aromatic N) is 2. The first-order valence-electron chi connectivity index (χ1n) is 7.01. The van der Waals surface area contributed by atoms with Crippen LogP contribution >= 0.6 is 11.8 Å². The smallest absolute Gasteiger partial charge is 0.342 e. The van der Waals surface area contributed by atoms with Crippen LogP contribution in [0.25, 0.3) is 6.08 Å². The van der Waals surface area contributed by atoms with E-state index in [0.717, 1.165) is 11.8 Å². The summed E-state index contributed by atoms with van der Waals surface area (Å²) in [5, 5.41) is 16.6. The van der Waals surface area contributed by atoms with Crippen LogP contribution in [-0.2, 0) is 11.2 Å². The predicted molar refractivity (Wildman–Crippen MR) is 89.4 cm³/mol. The molecule has 7 heteroatoms. The summed E-state index contributed by atoms with van der Waals surface area (Å²) < 4.78 is 5.54. The Morgan fingerprint density at radius 1 is 1.48 bits per heavy atom. The van der Waals surface area contributed by atoms with Crippen molar-refractivity contribution in [3.05, 3.63) is 53.2 Å². The molecular formula is C16H17N3O3S. The van der Waals surface area contributed by atoms with Crippen molar-refractivity contribution in [2.75, 3.05) is 6.61 Å². The number of hydrogen-bond donors (Lipinski definition) is 2. The highest BCUT2D eigenvalue weighted by Crippen LogP contribution is 2.29. The van der Waals surface area contributed by atoms with Gasteiger partial charge in [-0.1, -0.05) is 37.8 Å². The molecule has 2 aromatic rings. The van der Waals surface area contributed by atoms with Gasteiger partial charge in [-0.3, -0.25) is 5.10 Å². The molecule has 23 heavy (non-hydrogen) atoms. The molecule has 0 aliphatic carbocycles. The molecule has 0 aliphatic rings. The van der Waals surface area contributed by atoms with E-state index in [9.17, 15) is 9.90 Å². The number of thioether (sulfide) groups is 1. The van der Waals surface area contributed by atoms with Crippen LogP contribution in [0, 0.1) is 0 Å². The number of carboxylic acids is 1. The number of carbonyl (C=O) groups is 1. The van der Waals surface area contributed by atoms with Crippen LogP contribution in [0.5, 0.6) is 5.75 Å². The molecule has 1 aromatic carbocycles. The fourth-order valence-electron chi connectivity index (χ4n) is 1.74. The van der Waals surface area contributed by atoms with Gasteiger partial charge < -0.3 is 9.84 Å². The first-order valence-corrected chi connectivity index (χ1v) is 7.82. The largest absolute Gasteiger partial charge is 0.489 e. The van der Waals surface area contributed by atoms with E-state index in [2.05, 4.69) is 21.8 Å². The maximum absolute atomic E-state index is 11.5. The summed E-state index contributed by atoms with van der Waals surface area (Å²) in [5.74, 6) is 0.263. The van der Waals surface area contributed by atoms with Gasteiger partial charge in [-0.25, -0.2) is 9.78 Å². The topological polar surface area (TPSA) is 88.1 Å². The molecule has 6 nitrogen and oxygen atoms in total. The zero-order valence-electron chi connectivity index (χ0n) is 12.7. The number of H-pyrrole nitrogens is 1. The summed E-state index contributed by atoms with van der Waals surface area (Å²) >= 11 is 0.993. The number of aromatic nitrogens is 3. The van der Waals surface area contributed by atoms with Gasteiger partial charge in [-0.15, -0.1) is 5.10 Å². The minimum Gasteiger partial charge on any atom is -0.489 e. The summed E-state index contributed by atoms with van der Waals surface area (Å²) in [6.45, 7) is 5.89. The molecule has 0 radical (unpaired) electrons. The molecular weight excluding hydrogens is 314 g/mol. The average Bonchev–Trinajstić information content (AvgIpc) is 3.01. The molecule has 0 bridgehead atoms. The van der Waals surface area contributed by atoms with E-state index in [0.29, 0.717) is 35.3 Å². The number of rotatable bonds is 8. The summed E-state index contributed by atoms with van der Waals surface area (Å²) in [4.78, 5) is 15.8. The zero-order valence-corrected chi connectivity index (χ0v) is 13.5. The number of benzene rings is 1. The molecule has 1 heterocycles. The van der Waals surface area contributed by atoms with Crippen LogP contribution in [0.3, 0.4) is 0 Å². The van der Waals surface area contributed by atoms with E-state index < -0.39 is 5.97 Å². The lowest BCUT2D eigenvalue weighted by atomic mass is 10.2. The van der Waals surface area contributed by atoms with Gasteiger partial charge >= 0.3 is 5.97 Å². The fourth-order valence-corrected chi connectivity index (χ4v) is 2.45. The highest BCUT2D eigenvalue weighted by atomic mass is 32.2. The number of carboxylic acid groups (broad SMARTS) is 1. The summed E-state index contributed by atoms with van der Waals surface area (Å²) in [5.41, 5.74) is 0.672. The van der Waals surface area contributed by atoms with Crippen molar-refractivity contribution < 1.29 is 14.6 Å². The highest BCUT2D eigenvalue weighted by molar-refractivity contribution is 8.04. The number of ether oxygens (including phenoxy) is 1. The van der Waals surface area contributed by atoms with Gasteiger partial charge in [0.05, 0.1) is 0 Å². The van der Waals surface area contributed by atoms with E-state index in [4.69, 9.17) is 4.74 Å². The Balaban J connectivity index is 2.28. The monoisotopic (exact) mass is 331 g/mol. The lowest BCUT2D eigenvalue weighted by Crippen LogP contribution is -1.99. The molecule has 0 saturated carbocycles. The van der Waals surface area contributed by atoms with Crippen molar-refractivity contribution >= 4 is 23.8 Å². The third kappa shape index (κ3) is 4.72. The Labute approximate surface area is 138 Å². The van der Waals surface area contributed by atoms with Gasteiger partial charge in [0.1, 0.15) is 23.1 Å². The first kappa shape index (κ1) is 16.8. The lowest BCUT2D eigenvalue weighted by Gasteiger charge is -2.07. The molecule has 2 N–H and O–H groups in total. The molecule has 1 aromatic heterocycles. The molecule has 2 rings (SSSR count). The Kier molecular flexibility index (Phi) is 5.99. The van der Waals surface area contributed by atoms with Crippen molar-refractivity contribution in [2.45, 2.75) is 18.5 Å². The van der Waals surface area contributed by atoms with Crippen molar-refractivity contribution in [1.29, 1.82) is 0 Å². The van der Waals surface area contributed by atoms with E-state index in [1.165, 1.54) is 0 Å². The molecule has 0 aliphatic heterocycles. The lowest BCUT2D eigenvalue weighted by molar-refractivity contribution is -0.131. The maximum atomic E-state index is 11.5. The van der Waals surface area contributed by atoms with Crippen LogP contribution in [0.2, 0.25) is 0 Å². The Morgan fingerprint density at radius 3 is 2.91 bits per heavy atom.